The molecule has 1 N–H and O–H groups in total. The second-order valence-corrected chi connectivity index (χ2v) is 5.85. The molecule has 1 aromatic carbocycles. The molecule has 1 fully saturated rings. The van der Waals surface area contributed by atoms with Crippen molar-refractivity contribution in [3.05, 3.63) is 28.2 Å². The van der Waals surface area contributed by atoms with E-state index in [1.807, 2.05) is 7.05 Å². The molecule has 0 radical (unpaired) electrons. The number of rotatable bonds is 2. The Morgan fingerprint density at radius 2 is 2.11 bits per heavy atom. The van der Waals surface area contributed by atoms with Crippen molar-refractivity contribution >= 4 is 21.6 Å². The van der Waals surface area contributed by atoms with E-state index in [-0.39, 0.29) is 11.7 Å². The van der Waals surface area contributed by atoms with Crippen LogP contribution in [0.1, 0.15) is 18.4 Å². The number of anilines is 1. The number of halogens is 4. The van der Waals surface area contributed by atoms with E-state index in [9.17, 15) is 13.2 Å². The zero-order valence-electron chi connectivity index (χ0n) is 10.6. The first-order valence-electron chi connectivity index (χ1n) is 6.18. The molecule has 0 bridgehead atoms. The molecule has 0 aromatic heterocycles. The molecule has 0 saturated carbocycles. The van der Waals surface area contributed by atoms with Crippen LogP contribution in [0.25, 0.3) is 0 Å². The molecule has 6 heteroatoms. The predicted molar refractivity (Wildman–Crippen MR) is 73.3 cm³/mol. The van der Waals surface area contributed by atoms with E-state index in [0.29, 0.717) is 4.47 Å². The number of alkyl halides is 3. The summed E-state index contributed by atoms with van der Waals surface area (Å²) >= 11 is 3.22. The molecule has 2 nitrogen and oxygen atoms in total. The number of piperidine rings is 1. The lowest BCUT2D eigenvalue weighted by Crippen LogP contribution is -2.40. The highest BCUT2D eigenvalue weighted by Gasteiger charge is 2.34. The minimum absolute atomic E-state index is 0.0640. The summed E-state index contributed by atoms with van der Waals surface area (Å²) in [6.45, 7) is 1.77. The Balaban J connectivity index is 2.21. The maximum atomic E-state index is 12.9. The van der Waals surface area contributed by atoms with Gasteiger partial charge in [-0.25, -0.2) is 0 Å². The van der Waals surface area contributed by atoms with Gasteiger partial charge in [-0.15, -0.1) is 0 Å². The Kier molecular flexibility index (Phi) is 4.40. The Morgan fingerprint density at radius 3 is 2.74 bits per heavy atom. The van der Waals surface area contributed by atoms with Crippen LogP contribution in [0.15, 0.2) is 22.7 Å². The first-order chi connectivity index (χ1) is 8.86. The van der Waals surface area contributed by atoms with Gasteiger partial charge in [0.2, 0.25) is 0 Å². The Hall–Kier alpha value is -0.750. The molecule has 0 spiro atoms. The molecular weight excluding hydrogens is 321 g/mol. The van der Waals surface area contributed by atoms with Crippen LogP contribution in [0.3, 0.4) is 0 Å². The second-order valence-electron chi connectivity index (χ2n) is 4.93. The van der Waals surface area contributed by atoms with Crippen LogP contribution in [0, 0.1) is 0 Å². The number of hydrogen-bond donors (Lipinski definition) is 1. The summed E-state index contributed by atoms with van der Waals surface area (Å²) in [4.78, 5) is 2.13. The van der Waals surface area contributed by atoms with Crippen molar-refractivity contribution in [2.75, 3.05) is 25.5 Å². The number of likely N-dealkylation sites (tertiary alicyclic amines) is 1. The first-order valence-corrected chi connectivity index (χ1v) is 6.97. The van der Waals surface area contributed by atoms with E-state index in [1.54, 1.807) is 0 Å². The van der Waals surface area contributed by atoms with Gasteiger partial charge >= 0.3 is 6.18 Å². The monoisotopic (exact) mass is 336 g/mol. The summed E-state index contributed by atoms with van der Waals surface area (Å²) < 4.78 is 39.5. The minimum Gasteiger partial charge on any atom is -0.380 e. The van der Waals surface area contributed by atoms with Gasteiger partial charge in [0.05, 0.1) is 5.56 Å². The molecule has 1 saturated heterocycles. The topological polar surface area (TPSA) is 15.3 Å². The van der Waals surface area contributed by atoms with Gasteiger partial charge in [0.25, 0.3) is 0 Å². The van der Waals surface area contributed by atoms with Crippen LogP contribution in [0.2, 0.25) is 0 Å². The fourth-order valence-corrected chi connectivity index (χ4v) is 2.75. The fraction of sp³-hybridized carbons (Fsp3) is 0.538. The van der Waals surface area contributed by atoms with Crippen LogP contribution < -0.4 is 5.32 Å². The third-order valence-corrected chi connectivity index (χ3v) is 3.76. The summed E-state index contributed by atoms with van der Waals surface area (Å²) in [5.41, 5.74) is -0.453. The van der Waals surface area contributed by atoms with Gasteiger partial charge in [0, 0.05) is 22.7 Å². The van der Waals surface area contributed by atoms with Gasteiger partial charge in [-0.2, -0.15) is 13.2 Å². The smallest absolute Gasteiger partial charge is 0.380 e. The van der Waals surface area contributed by atoms with E-state index in [2.05, 4.69) is 26.1 Å². The molecule has 0 amide bonds. The van der Waals surface area contributed by atoms with Gasteiger partial charge < -0.3 is 10.2 Å². The highest BCUT2D eigenvalue weighted by Crippen LogP contribution is 2.36. The minimum atomic E-state index is -4.33. The van der Waals surface area contributed by atoms with E-state index >= 15 is 0 Å². The van der Waals surface area contributed by atoms with Crippen molar-refractivity contribution in [2.24, 2.45) is 0 Å². The number of hydrogen-bond acceptors (Lipinski definition) is 2. The molecule has 1 unspecified atom stereocenters. The summed E-state index contributed by atoms with van der Waals surface area (Å²) in [5, 5.41) is 3.04. The molecular formula is C13H16BrF3N2. The average Bonchev–Trinajstić information content (AvgIpc) is 2.27. The highest BCUT2D eigenvalue weighted by molar-refractivity contribution is 9.10. The fourth-order valence-electron chi connectivity index (χ4n) is 2.39. The largest absolute Gasteiger partial charge is 0.418 e. The van der Waals surface area contributed by atoms with Crippen molar-refractivity contribution in [2.45, 2.75) is 25.1 Å². The quantitative estimate of drug-likeness (QED) is 0.878. The SMILES string of the molecule is CN1CCCC(Nc2cc(Br)ccc2C(F)(F)F)C1. The standard InChI is InChI=1S/C13H16BrF3N2/c1-19-6-2-3-10(8-19)18-12-7-9(14)4-5-11(12)13(15,16)17/h4-5,7,10,18H,2-3,6,8H2,1H3. The van der Waals surface area contributed by atoms with Crippen LogP contribution in [0.5, 0.6) is 0 Å². The molecule has 1 aliphatic rings. The zero-order valence-corrected chi connectivity index (χ0v) is 12.2. The number of likely N-dealkylation sites (N-methyl/N-ethyl adjacent to an activating group) is 1. The molecule has 1 aliphatic heterocycles. The second kappa shape index (κ2) is 5.71. The summed E-state index contributed by atoms with van der Waals surface area (Å²) in [6.07, 6.45) is -2.43. The van der Waals surface area contributed by atoms with Crippen molar-refractivity contribution in [3.63, 3.8) is 0 Å². The highest BCUT2D eigenvalue weighted by atomic mass is 79.9. The van der Waals surface area contributed by atoms with Gasteiger partial charge in [-0.1, -0.05) is 15.9 Å². The van der Waals surface area contributed by atoms with Gasteiger partial charge in [-0.3, -0.25) is 0 Å². The van der Waals surface area contributed by atoms with E-state index in [1.165, 1.54) is 12.1 Å². The maximum Gasteiger partial charge on any atom is 0.418 e. The first kappa shape index (κ1) is 14.7. The van der Waals surface area contributed by atoms with Crippen molar-refractivity contribution < 1.29 is 13.2 Å². The van der Waals surface area contributed by atoms with Crippen molar-refractivity contribution in [1.29, 1.82) is 0 Å². The molecule has 1 heterocycles. The molecule has 19 heavy (non-hydrogen) atoms. The molecule has 1 atom stereocenters. The third kappa shape index (κ3) is 3.86. The Labute approximate surface area is 119 Å². The summed E-state index contributed by atoms with van der Waals surface area (Å²) in [6, 6.07) is 4.09. The van der Waals surface area contributed by atoms with Crippen LogP contribution >= 0.6 is 15.9 Å². The lowest BCUT2D eigenvalue weighted by atomic mass is 10.0. The molecule has 1 aromatic rings. The molecule has 106 valence electrons. The zero-order chi connectivity index (χ0) is 14.0. The van der Waals surface area contributed by atoms with Crippen molar-refractivity contribution in [3.8, 4) is 0 Å². The van der Waals surface area contributed by atoms with E-state index < -0.39 is 11.7 Å². The Bertz CT molecular complexity index is 448. The number of benzene rings is 1. The van der Waals surface area contributed by atoms with E-state index in [0.717, 1.165) is 32.0 Å². The molecule has 0 aliphatic carbocycles. The number of nitrogens with one attached hydrogen (secondary N) is 1. The predicted octanol–water partition coefficient (Wildman–Crippen LogP) is 3.97. The maximum absolute atomic E-state index is 12.9. The summed E-state index contributed by atoms with van der Waals surface area (Å²) in [5.74, 6) is 0. The normalized spacial score (nSPS) is 21.4. The van der Waals surface area contributed by atoms with Crippen LogP contribution in [-0.4, -0.2) is 31.1 Å². The Morgan fingerprint density at radius 1 is 1.37 bits per heavy atom. The van der Waals surface area contributed by atoms with Crippen LogP contribution in [-0.2, 0) is 6.18 Å². The number of nitrogens with zero attached hydrogens (tertiary/aromatic N) is 1. The van der Waals surface area contributed by atoms with Crippen molar-refractivity contribution in [1.82, 2.24) is 4.90 Å². The molecule has 2 rings (SSSR count). The lowest BCUT2D eigenvalue weighted by Gasteiger charge is -2.31. The van der Waals surface area contributed by atoms with E-state index in [4.69, 9.17) is 0 Å². The third-order valence-electron chi connectivity index (χ3n) is 3.27. The van der Waals surface area contributed by atoms with Gasteiger partial charge in [0.15, 0.2) is 0 Å². The van der Waals surface area contributed by atoms with Crippen LogP contribution in [0.4, 0.5) is 18.9 Å². The lowest BCUT2D eigenvalue weighted by molar-refractivity contribution is -0.137. The summed E-state index contributed by atoms with van der Waals surface area (Å²) in [7, 11) is 1.99. The van der Waals surface area contributed by atoms with Gasteiger partial charge in [-0.05, 0) is 44.6 Å². The van der Waals surface area contributed by atoms with Gasteiger partial charge in [0.1, 0.15) is 0 Å². The average molecular weight is 337 g/mol.